The number of hydrogen-bond donors (Lipinski definition) is 1. The van der Waals surface area contributed by atoms with E-state index in [1.54, 1.807) is 18.0 Å². The molecule has 0 radical (unpaired) electrons. The Hall–Kier alpha value is -2.99. The Balaban J connectivity index is 1.73. The van der Waals surface area contributed by atoms with E-state index in [0.717, 1.165) is 22.7 Å². The van der Waals surface area contributed by atoms with Crippen LogP contribution in [0.25, 0.3) is 6.08 Å². The molecule has 1 aromatic heterocycles. The van der Waals surface area contributed by atoms with Crippen LogP contribution in [0, 0.1) is 4.77 Å². The standard InChI is InChI=1S/C19H18N4OS/c1-24-17-11-9-16(10-12-17)14-18-21-22-19(25)23(18)20-13-5-8-15-6-3-2-4-7-15/h2-13H,14H2,1H3,(H,22,25)/b8-5+,20-13-. The number of benzene rings is 2. The van der Waals surface area contributed by atoms with Crippen LogP contribution in [0.3, 0.4) is 0 Å². The summed E-state index contributed by atoms with van der Waals surface area (Å²) in [4.78, 5) is 0. The molecule has 0 fully saturated rings. The Labute approximate surface area is 151 Å². The second-order valence-electron chi connectivity index (χ2n) is 5.32. The molecule has 25 heavy (non-hydrogen) atoms. The maximum absolute atomic E-state index is 5.26. The number of methoxy groups -OCH3 is 1. The van der Waals surface area contributed by atoms with Gasteiger partial charge in [0.15, 0.2) is 5.82 Å². The van der Waals surface area contributed by atoms with Gasteiger partial charge in [-0.3, -0.25) is 5.10 Å². The monoisotopic (exact) mass is 350 g/mol. The molecule has 3 rings (SSSR count). The molecule has 126 valence electrons. The number of aromatic amines is 1. The molecule has 0 aliphatic rings. The summed E-state index contributed by atoms with van der Waals surface area (Å²) >= 11 is 5.26. The van der Waals surface area contributed by atoms with E-state index in [9.17, 15) is 0 Å². The van der Waals surface area contributed by atoms with Gasteiger partial charge in [-0.2, -0.15) is 14.9 Å². The van der Waals surface area contributed by atoms with Gasteiger partial charge in [0.2, 0.25) is 4.77 Å². The summed E-state index contributed by atoms with van der Waals surface area (Å²) in [6.07, 6.45) is 6.18. The molecule has 0 aliphatic carbocycles. The largest absolute Gasteiger partial charge is 0.497 e. The SMILES string of the molecule is COc1ccc(Cc2n[nH]c(=S)n2/N=C\C=C\c2ccccc2)cc1. The van der Waals surface area contributed by atoms with Crippen molar-refractivity contribution in [1.29, 1.82) is 0 Å². The van der Waals surface area contributed by atoms with Gasteiger partial charge in [0.25, 0.3) is 0 Å². The normalized spacial score (nSPS) is 11.4. The van der Waals surface area contributed by atoms with Gasteiger partial charge in [-0.05, 0) is 41.6 Å². The third-order valence-corrected chi connectivity index (χ3v) is 3.86. The summed E-state index contributed by atoms with van der Waals surface area (Å²) < 4.78 is 7.27. The molecule has 0 amide bonds. The minimum atomic E-state index is 0.466. The van der Waals surface area contributed by atoms with Crippen LogP contribution < -0.4 is 4.74 Å². The molecule has 0 saturated heterocycles. The van der Waals surface area contributed by atoms with Crippen LogP contribution in [0.5, 0.6) is 5.75 Å². The van der Waals surface area contributed by atoms with Crippen molar-refractivity contribution in [2.24, 2.45) is 5.10 Å². The number of nitrogens with zero attached hydrogens (tertiary/aromatic N) is 3. The number of ether oxygens (including phenoxy) is 1. The number of H-pyrrole nitrogens is 1. The predicted octanol–water partition coefficient (Wildman–Crippen LogP) is 4.09. The van der Waals surface area contributed by atoms with Crippen LogP contribution in [0.4, 0.5) is 0 Å². The Bertz CT molecular complexity index is 924. The first-order chi connectivity index (χ1) is 12.3. The fourth-order valence-corrected chi connectivity index (χ4v) is 2.51. The molecule has 1 N–H and O–H groups in total. The van der Waals surface area contributed by atoms with E-state index in [2.05, 4.69) is 15.3 Å². The first-order valence-corrected chi connectivity index (χ1v) is 8.22. The van der Waals surface area contributed by atoms with E-state index in [0.29, 0.717) is 11.2 Å². The van der Waals surface area contributed by atoms with E-state index < -0.39 is 0 Å². The Kier molecular flexibility index (Phi) is 5.53. The van der Waals surface area contributed by atoms with Gasteiger partial charge in [-0.15, -0.1) is 0 Å². The average molecular weight is 350 g/mol. The molecule has 0 aliphatic heterocycles. The topological polar surface area (TPSA) is 55.2 Å². The third kappa shape index (κ3) is 4.51. The second kappa shape index (κ2) is 8.21. The Morgan fingerprint density at radius 3 is 2.64 bits per heavy atom. The van der Waals surface area contributed by atoms with Crippen LogP contribution in [0.1, 0.15) is 17.0 Å². The van der Waals surface area contributed by atoms with Crippen molar-refractivity contribution >= 4 is 24.5 Å². The van der Waals surface area contributed by atoms with Crippen LogP contribution in [0.15, 0.2) is 65.8 Å². The van der Waals surface area contributed by atoms with Crippen LogP contribution in [0.2, 0.25) is 0 Å². The van der Waals surface area contributed by atoms with Gasteiger partial charge in [-0.1, -0.05) is 48.5 Å². The molecule has 0 unspecified atom stereocenters. The fourth-order valence-electron chi connectivity index (χ4n) is 2.31. The number of allylic oxidation sites excluding steroid dienone is 1. The van der Waals surface area contributed by atoms with Crippen molar-refractivity contribution in [1.82, 2.24) is 14.9 Å². The van der Waals surface area contributed by atoms with Crippen molar-refractivity contribution in [3.63, 3.8) is 0 Å². The van der Waals surface area contributed by atoms with E-state index in [1.165, 1.54) is 0 Å². The summed E-state index contributed by atoms with van der Waals surface area (Å²) in [5.41, 5.74) is 2.22. The van der Waals surface area contributed by atoms with E-state index in [4.69, 9.17) is 17.0 Å². The number of rotatable bonds is 6. The number of nitrogens with one attached hydrogen (secondary N) is 1. The Morgan fingerprint density at radius 2 is 1.92 bits per heavy atom. The molecule has 0 saturated carbocycles. The molecule has 6 heteroatoms. The quantitative estimate of drug-likeness (QED) is 0.538. The minimum Gasteiger partial charge on any atom is -0.497 e. The maximum Gasteiger partial charge on any atom is 0.216 e. The van der Waals surface area contributed by atoms with Crippen LogP contribution in [-0.2, 0) is 6.42 Å². The van der Waals surface area contributed by atoms with Crippen molar-refractivity contribution in [3.05, 3.63) is 82.4 Å². The molecule has 0 atom stereocenters. The highest BCUT2D eigenvalue weighted by atomic mass is 32.1. The molecule has 2 aromatic carbocycles. The highest BCUT2D eigenvalue weighted by molar-refractivity contribution is 7.71. The number of aromatic nitrogens is 3. The van der Waals surface area contributed by atoms with Gasteiger partial charge in [0, 0.05) is 12.6 Å². The summed E-state index contributed by atoms with van der Waals surface area (Å²) in [7, 11) is 1.65. The maximum atomic E-state index is 5.26. The summed E-state index contributed by atoms with van der Waals surface area (Å²) in [5.74, 6) is 1.58. The van der Waals surface area contributed by atoms with Crippen molar-refractivity contribution in [2.75, 3.05) is 7.11 Å². The zero-order valence-corrected chi connectivity index (χ0v) is 14.6. The van der Waals surface area contributed by atoms with E-state index >= 15 is 0 Å². The van der Waals surface area contributed by atoms with Crippen LogP contribution >= 0.6 is 12.2 Å². The minimum absolute atomic E-state index is 0.466. The lowest BCUT2D eigenvalue weighted by Crippen LogP contribution is -1.99. The first kappa shape index (κ1) is 16.9. The smallest absolute Gasteiger partial charge is 0.216 e. The summed E-state index contributed by atoms with van der Waals surface area (Å²) in [5, 5.41) is 11.5. The molecular weight excluding hydrogens is 332 g/mol. The molecule has 5 nitrogen and oxygen atoms in total. The van der Waals surface area contributed by atoms with Crippen molar-refractivity contribution in [2.45, 2.75) is 6.42 Å². The second-order valence-corrected chi connectivity index (χ2v) is 5.70. The van der Waals surface area contributed by atoms with E-state index in [1.807, 2.05) is 66.7 Å². The molecule has 3 aromatic rings. The van der Waals surface area contributed by atoms with Gasteiger partial charge >= 0.3 is 0 Å². The lowest BCUT2D eigenvalue weighted by molar-refractivity contribution is 0.414. The molecule has 0 spiro atoms. The summed E-state index contributed by atoms with van der Waals surface area (Å²) in [6, 6.07) is 17.9. The summed E-state index contributed by atoms with van der Waals surface area (Å²) in [6.45, 7) is 0. The zero-order valence-electron chi connectivity index (χ0n) is 13.8. The lowest BCUT2D eigenvalue weighted by atomic mass is 10.1. The molecular formula is C19H18N4OS. The molecule has 0 bridgehead atoms. The highest BCUT2D eigenvalue weighted by Crippen LogP contribution is 2.14. The average Bonchev–Trinajstić information content (AvgIpc) is 3.00. The van der Waals surface area contributed by atoms with Gasteiger partial charge in [0.1, 0.15) is 5.75 Å². The van der Waals surface area contributed by atoms with Crippen LogP contribution in [-0.4, -0.2) is 28.2 Å². The predicted molar refractivity (Wildman–Crippen MR) is 103 cm³/mol. The number of hydrogen-bond acceptors (Lipinski definition) is 4. The van der Waals surface area contributed by atoms with Gasteiger partial charge in [-0.25, -0.2) is 0 Å². The van der Waals surface area contributed by atoms with Crippen molar-refractivity contribution in [3.8, 4) is 5.75 Å². The highest BCUT2D eigenvalue weighted by Gasteiger charge is 2.06. The van der Waals surface area contributed by atoms with Crippen molar-refractivity contribution < 1.29 is 4.74 Å². The van der Waals surface area contributed by atoms with Gasteiger partial charge < -0.3 is 4.74 Å². The Morgan fingerprint density at radius 1 is 1.16 bits per heavy atom. The third-order valence-electron chi connectivity index (χ3n) is 3.60. The first-order valence-electron chi connectivity index (χ1n) is 7.81. The zero-order chi connectivity index (χ0) is 17.5. The van der Waals surface area contributed by atoms with Gasteiger partial charge in [0.05, 0.1) is 7.11 Å². The lowest BCUT2D eigenvalue weighted by Gasteiger charge is -2.03. The fraction of sp³-hybridized carbons (Fsp3) is 0.105. The molecule has 1 heterocycles. The van der Waals surface area contributed by atoms with E-state index in [-0.39, 0.29) is 0 Å².